The Bertz CT molecular complexity index is 483. The molecule has 0 aliphatic rings. The van der Waals surface area contributed by atoms with Gasteiger partial charge in [-0.2, -0.15) is 5.10 Å². The molecule has 0 saturated heterocycles. The maximum Gasteiger partial charge on any atom is 0.109 e. The van der Waals surface area contributed by atoms with Crippen LogP contribution in [0.25, 0.3) is 10.9 Å². The Hall–Kier alpha value is -1.08. The molecule has 1 N–H and O–H groups in total. The molecule has 0 fully saturated rings. The summed E-state index contributed by atoms with van der Waals surface area (Å²) in [6.07, 6.45) is 1.74. The monoisotopic (exact) mass is 194 g/mol. The van der Waals surface area contributed by atoms with Crippen LogP contribution in [0.2, 0.25) is 0 Å². The molecule has 3 nitrogen and oxygen atoms in total. The zero-order valence-corrected chi connectivity index (χ0v) is 8.51. The molecule has 0 aliphatic carbocycles. The van der Waals surface area contributed by atoms with Crippen molar-refractivity contribution in [2.45, 2.75) is 0 Å². The number of aromatic nitrogens is 2. The summed E-state index contributed by atoms with van der Waals surface area (Å²) in [5.41, 5.74) is 0.984. The maximum absolute atomic E-state index is 11.8. The van der Waals surface area contributed by atoms with Crippen molar-refractivity contribution in [3.63, 3.8) is 0 Å². The van der Waals surface area contributed by atoms with Crippen LogP contribution >= 0.6 is 7.14 Å². The van der Waals surface area contributed by atoms with Gasteiger partial charge in [-0.15, -0.1) is 0 Å². The summed E-state index contributed by atoms with van der Waals surface area (Å²) in [7, 11) is -2.14. The van der Waals surface area contributed by atoms with E-state index in [-0.39, 0.29) is 0 Å². The van der Waals surface area contributed by atoms with Gasteiger partial charge in [0, 0.05) is 10.7 Å². The molecule has 13 heavy (non-hydrogen) atoms. The van der Waals surface area contributed by atoms with Crippen molar-refractivity contribution >= 4 is 23.3 Å². The largest absolute Gasteiger partial charge is 0.319 e. The Labute approximate surface area is 76.5 Å². The van der Waals surface area contributed by atoms with Crippen LogP contribution in [0.5, 0.6) is 0 Å². The Morgan fingerprint density at radius 1 is 1.38 bits per heavy atom. The molecular weight excluding hydrogens is 183 g/mol. The van der Waals surface area contributed by atoms with Crippen molar-refractivity contribution in [3.05, 3.63) is 24.4 Å². The van der Waals surface area contributed by atoms with Crippen molar-refractivity contribution in [2.75, 3.05) is 13.3 Å². The van der Waals surface area contributed by atoms with Crippen molar-refractivity contribution in [2.24, 2.45) is 0 Å². The molecule has 2 rings (SSSR count). The maximum atomic E-state index is 11.8. The lowest BCUT2D eigenvalue weighted by Gasteiger charge is -2.05. The number of nitrogens with one attached hydrogen (secondary N) is 1. The molecule has 1 aromatic heterocycles. The molecule has 4 heteroatoms. The third-order valence-electron chi connectivity index (χ3n) is 2.05. The Morgan fingerprint density at radius 2 is 2.15 bits per heavy atom. The molecular formula is C9H11N2OP. The van der Waals surface area contributed by atoms with Crippen LogP contribution in [-0.4, -0.2) is 23.5 Å². The fourth-order valence-electron chi connectivity index (χ4n) is 1.27. The highest BCUT2D eigenvalue weighted by Gasteiger charge is 2.11. The summed E-state index contributed by atoms with van der Waals surface area (Å²) < 4.78 is 11.8. The predicted molar refractivity (Wildman–Crippen MR) is 55.2 cm³/mol. The number of aromatic amines is 1. The highest BCUT2D eigenvalue weighted by molar-refractivity contribution is 7.70. The molecule has 1 heterocycles. The topological polar surface area (TPSA) is 45.8 Å². The van der Waals surface area contributed by atoms with Gasteiger partial charge in [-0.1, -0.05) is 0 Å². The van der Waals surface area contributed by atoms with Gasteiger partial charge in [-0.25, -0.2) is 0 Å². The minimum Gasteiger partial charge on any atom is -0.319 e. The smallest absolute Gasteiger partial charge is 0.109 e. The number of hydrogen-bond acceptors (Lipinski definition) is 2. The van der Waals surface area contributed by atoms with Crippen LogP contribution in [0.1, 0.15) is 0 Å². The SMILES string of the molecule is CP(C)(=O)c1ccc2[nH]ncc2c1. The second-order valence-electron chi connectivity index (χ2n) is 3.49. The minimum atomic E-state index is -2.14. The lowest BCUT2D eigenvalue weighted by molar-refractivity contribution is 0.588. The van der Waals surface area contributed by atoms with Gasteiger partial charge in [-0.05, 0) is 31.5 Å². The van der Waals surface area contributed by atoms with Crippen LogP contribution < -0.4 is 5.30 Å². The van der Waals surface area contributed by atoms with Crippen LogP contribution in [0.15, 0.2) is 24.4 Å². The molecule has 0 atom stereocenters. The van der Waals surface area contributed by atoms with Crippen molar-refractivity contribution < 1.29 is 4.57 Å². The molecule has 0 spiro atoms. The van der Waals surface area contributed by atoms with E-state index in [0.29, 0.717) is 0 Å². The third kappa shape index (κ3) is 1.52. The minimum absolute atomic E-state index is 0.904. The second-order valence-corrected chi connectivity index (χ2v) is 6.71. The van der Waals surface area contributed by atoms with Crippen molar-refractivity contribution in [1.82, 2.24) is 10.2 Å². The quantitative estimate of drug-likeness (QED) is 0.703. The third-order valence-corrected chi connectivity index (χ3v) is 3.57. The number of H-pyrrole nitrogens is 1. The lowest BCUT2D eigenvalue weighted by Crippen LogP contribution is -2.01. The molecule has 1 aromatic carbocycles. The van der Waals surface area contributed by atoms with Crippen molar-refractivity contribution in [3.8, 4) is 0 Å². The van der Waals surface area contributed by atoms with E-state index in [0.717, 1.165) is 16.2 Å². The standard InChI is InChI=1S/C9H11N2OP/c1-13(2,12)8-3-4-9-7(5-8)6-10-11-9/h3-6H,1-2H3,(H,10,11). The summed E-state index contributed by atoms with van der Waals surface area (Å²) in [5.74, 6) is 0. The summed E-state index contributed by atoms with van der Waals surface area (Å²) in [4.78, 5) is 0. The fraction of sp³-hybridized carbons (Fsp3) is 0.222. The molecule has 68 valence electrons. The Kier molecular flexibility index (Phi) is 1.77. The molecule has 0 aliphatic heterocycles. The lowest BCUT2D eigenvalue weighted by atomic mass is 10.3. The van der Waals surface area contributed by atoms with E-state index >= 15 is 0 Å². The van der Waals surface area contributed by atoms with Gasteiger partial charge in [0.2, 0.25) is 0 Å². The first-order valence-electron chi connectivity index (χ1n) is 4.06. The molecule has 0 amide bonds. The summed E-state index contributed by atoms with van der Waals surface area (Å²) >= 11 is 0. The molecule has 0 bridgehead atoms. The van der Waals surface area contributed by atoms with Crippen LogP contribution in [0, 0.1) is 0 Å². The zero-order chi connectivity index (χ0) is 9.47. The van der Waals surface area contributed by atoms with E-state index in [1.807, 2.05) is 18.2 Å². The first kappa shape index (κ1) is 8.52. The van der Waals surface area contributed by atoms with Crippen molar-refractivity contribution in [1.29, 1.82) is 0 Å². The molecule has 2 aromatic rings. The van der Waals surface area contributed by atoms with Gasteiger partial charge < -0.3 is 4.57 Å². The van der Waals surface area contributed by atoms with E-state index in [1.54, 1.807) is 19.5 Å². The van der Waals surface area contributed by atoms with Gasteiger partial charge in [0.1, 0.15) is 7.14 Å². The first-order valence-corrected chi connectivity index (χ1v) is 6.66. The van der Waals surface area contributed by atoms with Gasteiger partial charge in [-0.3, -0.25) is 5.10 Å². The highest BCUT2D eigenvalue weighted by atomic mass is 31.2. The number of nitrogens with zero attached hydrogens (tertiary/aromatic N) is 1. The normalized spacial score (nSPS) is 12.2. The Morgan fingerprint density at radius 3 is 2.85 bits per heavy atom. The highest BCUT2D eigenvalue weighted by Crippen LogP contribution is 2.35. The van der Waals surface area contributed by atoms with E-state index in [1.165, 1.54) is 0 Å². The number of fused-ring (bicyclic) bond motifs is 1. The van der Waals surface area contributed by atoms with E-state index < -0.39 is 7.14 Å². The van der Waals surface area contributed by atoms with Gasteiger partial charge in [0.25, 0.3) is 0 Å². The number of benzene rings is 1. The fourth-order valence-corrected chi connectivity index (χ4v) is 2.15. The van der Waals surface area contributed by atoms with E-state index in [2.05, 4.69) is 10.2 Å². The zero-order valence-electron chi connectivity index (χ0n) is 7.61. The van der Waals surface area contributed by atoms with Gasteiger partial charge in [0.15, 0.2) is 0 Å². The number of hydrogen-bond donors (Lipinski definition) is 1. The molecule has 0 radical (unpaired) electrons. The average Bonchev–Trinajstić information content (AvgIpc) is 2.47. The summed E-state index contributed by atoms with van der Waals surface area (Å²) in [5, 5.41) is 8.69. The van der Waals surface area contributed by atoms with Crippen LogP contribution in [-0.2, 0) is 4.57 Å². The van der Waals surface area contributed by atoms with Crippen LogP contribution in [0.4, 0.5) is 0 Å². The molecule has 0 saturated carbocycles. The summed E-state index contributed by atoms with van der Waals surface area (Å²) in [6, 6.07) is 5.73. The second kappa shape index (κ2) is 2.71. The molecule has 0 unspecified atom stereocenters. The van der Waals surface area contributed by atoms with Gasteiger partial charge >= 0.3 is 0 Å². The Balaban J connectivity index is 2.67. The van der Waals surface area contributed by atoms with Gasteiger partial charge in [0.05, 0.1) is 11.7 Å². The van der Waals surface area contributed by atoms with E-state index in [4.69, 9.17) is 0 Å². The first-order chi connectivity index (χ1) is 6.07. The van der Waals surface area contributed by atoms with E-state index in [9.17, 15) is 4.57 Å². The average molecular weight is 194 g/mol. The van der Waals surface area contributed by atoms with Crippen LogP contribution in [0.3, 0.4) is 0 Å². The summed E-state index contributed by atoms with van der Waals surface area (Å²) in [6.45, 7) is 3.54. The number of rotatable bonds is 1. The predicted octanol–water partition coefficient (Wildman–Crippen LogP) is 1.81.